The normalized spacial score (nSPS) is 13.6. The van der Waals surface area contributed by atoms with E-state index in [1.54, 1.807) is 6.33 Å². The molecule has 1 aromatic heterocycles. The Morgan fingerprint density at radius 1 is 1.54 bits per heavy atom. The standard InChI is InChI=1S/C9H18N4/c1-4-13-9(11-6-12-13)8(10)5-7(2)3/h6-8H,4-5,10H2,1-3H3. The van der Waals surface area contributed by atoms with Crippen LogP contribution in [0.1, 0.15) is 39.1 Å². The van der Waals surface area contributed by atoms with Gasteiger partial charge in [0.1, 0.15) is 12.2 Å². The Kier molecular flexibility index (Phi) is 3.42. The molecule has 0 amide bonds. The molecule has 0 aromatic carbocycles. The van der Waals surface area contributed by atoms with Crippen molar-refractivity contribution in [2.24, 2.45) is 11.7 Å². The summed E-state index contributed by atoms with van der Waals surface area (Å²) in [4.78, 5) is 4.17. The minimum Gasteiger partial charge on any atom is -0.321 e. The maximum Gasteiger partial charge on any atom is 0.143 e. The maximum atomic E-state index is 5.99. The van der Waals surface area contributed by atoms with Crippen LogP contribution in [0, 0.1) is 5.92 Å². The van der Waals surface area contributed by atoms with E-state index in [1.165, 1.54) is 0 Å². The van der Waals surface area contributed by atoms with Crippen LogP contribution < -0.4 is 5.73 Å². The number of nitrogens with zero attached hydrogens (tertiary/aromatic N) is 3. The highest BCUT2D eigenvalue weighted by atomic mass is 15.3. The summed E-state index contributed by atoms with van der Waals surface area (Å²) in [6, 6.07) is 0.0162. The Balaban J connectivity index is 2.69. The summed E-state index contributed by atoms with van der Waals surface area (Å²) in [6.07, 6.45) is 2.53. The molecule has 74 valence electrons. The molecular formula is C9H18N4. The first-order valence-corrected chi connectivity index (χ1v) is 4.78. The molecule has 1 unspecified atom stereocenters. The molecule has 0 fully saturated rings. The van der Waals surface area contributed by atoms with Crippen LogP contribution in [0.25, 0.3) is 0 Å². The third-order valence-corrected chi connectivity index (χ3v) is 2.00. The first-order valence-electron chi connectivity index (χ1n) is 4.78. The van der Waals surface area contributed by atoms with Gasteiger partial charge in [0.25, 0.3) is 0 Å². The van der Waals surface area contributed by atoms with Crippen molar-refractivity contribution in [2.75, 3.05) is 0 Å². The molecule has 1 heterocycles. The van der Waals surface area contributed by atoms with Gasteiger partial charge in [-0.3, -0.25) is 0 Å². The van der Waals surface area contributed by atoms with Crippen LogP contribution in [0.15, 0.2) is 6.33 Å². The molecule has 4 heteroatoms. The van der Waals surface area contributed by atoms with Crippen molar-refractivity contribution in [3.8, 4) is 0 Å². The van der Waals surface area contributed by atoms with E-state index in [0.29, 0.717) is 5.92 Å². The molecule has 0 saturated carbocycles. The van der Waals surface area contributed by atoms with E-state index >= 15 is 0 Å². The Bertz CT molecular complexity index is 254. The Hall–Kier alpha value is -0.900. The molecular weight excluding hydrogens is 164 g/mol. The number of hydrogen-bond acceptors (Lipinski definition) is 3. The second-order valence-electron chi connectivity index (χ2n) is 3.67. The third kappa shape index (κ3) is 2.52. The van der Waals surface area contributed by atoms with Gasteiger partial charge in [-0.15, -0.1) is 0 Å². The van der Waals surface area contributed by atoms with Crippen molar-refractivity contribution in [1.29, 1.82) is 0 Å². The van der Waals surface area contributed by atoms with Crippen molar-refractivity contribution in [2.45, 2.75) is 39.8 Å². The van der Waals surface area contributed by atoms with E-state index in [9.17, 15) is 0 Å². The number of aromatic nitrogens is 3. The Morgan fingerprint density at radius 3 is 2.77 bits per heavy atom. The first kappa shape index (κ1) is 10.2. The molecule has 4 nitrogen and oxygen atoms in total. The van der Waals surface area contributed by atoms with Crippen molar-refractivity contribution in [3.05, 3.63) is 12.2 Å². The molecule has 0 bridgehead atoms. The molecule has 13 heavy (non-hydrogen) atoms. The van der Waals surface area contributed by atoms with Crippen LogP contribution in [0.5, 0.6) is 0 Å². The fraction of sp³-hybridized carbons (Fsp3) is 0.778. The molecule has 0 spiro atoms. The lowest BCUT2D eigenvalue weighted by Gasteiger charge is -2.13. The molecule has 0 aliphatic heterocycles. The smallest absolute Gasteiger partial charge is 0.143 e. The van der Waals surface area contributed by atoms with Crippen molar-refractivity contribution in [1.82, 2.24) is 14.8 Å². The average molecular weight is 182 g/mol. The van der Waals surface area contributed by atoms with Gasteiger partial charge in [-0.1, -0.05) is 13.8 Å². The minimum atomic E-state index is 0.0162. The van der Waals surface area contributed by atoms with Crippen LogP contribution in [0.2, 0.25) is 0 Å². The molecule has 0 saturated heterocycles. The van der Waals surface area contributed by atoms with E-state index < -0.39 is 0 Å². The Morgan fingerprint density at radius 2 is 2.23 bits per heavy atom. The van der Waals surface area contributed by atoms with Gasteiger partial charge in [0.15, 0.2) is 0 Å². The molecule has 1 rings (SSSR count). The lowest BCUT2D eigenvalue weighted by molar-refractivity contribution is 0.466. The number of aryl methyl sites for hydroxylation is 1. The SMILES string of the molecule is CCn1ncnc1C(N)CC(C)C. The van der Waals surface area contributed by atoms with E-state index in [4.69, 9.17) is 5.73 Å². The second kappa shape index (κ2) is 4.37. The van der Waals surface area contributed by atoms with E-state index in [1.807, 2.05) is 11.6 Å². The van der Waals surface area contributed by atoms with Crippen LogP contribution >= 0.6 is 0 Å². The summed E-state index contributed by atoms with van der Waals surface area (Å²) in [5.41, 5.74) is 5.99. The summed E-state index contributed by atoms with van der Waals surface area (Å²) in [5.74, 6) is 1.49. The van der Waals surface area contributed by atoms with Crippen LogP contribution in [0.4, 0.5) is 0 Å². The minimum absolute atomic E-state index is 0.0162. The average Bonchev–Trinajstić information content (AvgIpc) is 2.49. The zero-order valence-corrected chi connectivity index (χ0v) is 8.57. The largest absolute Gasteiger partial charge is 0.321 e. The molecule has 2 N–H and O–H groups in total. The fourth-order valence-electron chi connectivity index (χ4n) is 1.42. The molecule has 1 aromatic rings. The molecule has 0 radical (unpaired) electrons. The lowest BCUT2D eigenvalue weighted by atomic mass is 10.0. The zero-order valence-electron chi connectivity index (χ0n) is 8.57. The monoisotopic (exact) mass is 182 g/mol. The summed E-state index contributed by atoms with van der Waals surface area (Å²) < 4.78 is 1.85. The Labute approximate surface area is 79.2 Å². The van der Waals surface area contributed by atoms with Crippen molar-refractivity contribution in [3.63, 3.8) is 0 Å². The molecule has 0 aliphatic carbocycles. The second-order valence-corrected chi connectivity index (χ2v) is 3.67. The summed E-state index contributed by atoms with van der Waals surface area (Å²) in [5, 5.41) is 4.09. The topological polar surface area (TPSA) is 56.7 Å². The number of nitrogens with two attached hydrogens (primary N) is 1. The third-order valence-electron chi connectivity index (χ3n) is 2.00. The highest BCUT2D eigenvalue weighted by Crippen LogP contribution is 2.15. The summed E-state index contributed by atoms with van der Waals surface area (Å²) in [6.45, 7) is 7.19. The highest BCUT2D eigenvalue weighted by molar-refractivity contribution is 4.92. The van der Waals surface area contributed by atoms with Gasteiger partial charge >= 0.3 is 0 Å². The van der Waals surface area contributed by atoms with Gasteiger partial charge in [0.2, 0.25) is 0 Å². The van der Waals surface area contributed by atoms with Gasteiger partial charge < -0.3 is 5.73 Å². The number of rotatable bonds is 4. The summed E-state index contributed by atoms with van der Waals surface area (Å²) in [7, 11) is 0. The predicted molar refractivity (Wildman–Crippen MR) is 52.1 cm³/mol. The van der Waals surface area contributed by atoms with E-state index in [-0.39, 0.29) is 6.04 Å². The lowest BCUT2D eigenvalue weighted by Crippen LogP contribution is -2.18. The van der Waals surface area contributed by atoms with E-state index in [2.05, 4.69) is 23.9 Å². The quantitative estimate of drug-likeness (QED) is 0.764. The van der Waals surface area contributed by atoms with Crippen LogP contribution in [-0.2, 0) is 6.54 Å². The van der Waals surface area contributed by atoms with Crippen LogP contribution in [0.3, 0.4) is 0 Å². The first-order chi connectivity index (χ1) is 6.15. The fourth-order valence-corrected chi connectivity index (χ4v) is 1.42. The molecule has 0 aliphatic rings. The number of hydrogen-bond donors (Lipinski definition) is 1. The van der Waals surface area contributed by atoms with Gasteiger partial charge in [0, 0.05) is 6.54 Å². The zero-order chi connectivity index (χ0) is 9.84. The summed E-state index contributed by atoms with van der Waals surface area (Å²) >= 11 is 0. The van der Waals surface area contributed by atoms with Gasteiger partial charge in [0.05, 0.1) is 6.04 Å². The van der Waals surface area contributed by atoms with Gasteiger partial charge in [-0.05, 0) is 19.3 Å². The van der Waals surface area contributed by atoms with Crippen LogP contribution in [-0.4, -0.2) is 14.8 Å². The van der Waals surface area contributed by atoms with Gasteiger partial charge in [-0.2, -0.15) is 5.10 Å². The van der Waals surface area contributed by atoms with Gasteiger partial charge in [-0.25, -0.2) is 9.67 Å². The van der Waals surface area contributed by atoms with Crippen molar-refractivity contribution < 1.29 is 0 Å². The van der Waals surface area contributed by atoms with E-state index in [0.717, 1.165) is 18.8 Å². The highest BCUT2D eigenvalue weighted by Gasteiger charge is 2.13. The predicted octanol–water partition coefficient (Wildman–Crippen LogP) is 1.34. The maximum absolute atomic E-state index is 5.99. The molecule has 1 atom stereocenters. The van der Waals surface area contributed by atoms with Crippen molar-refractivity contribution >= 4 is 0 Å².